The van der Waals surface area contributed by atoms with Crippen LogP contribution in [-0.2, 0) is 0 Å². The molecule has 4 aromatic rings. The summed E-state index contributed by atoms with van der Waals surface area (Å²) < 4.78 is 20.2. The second-order valence-electron chi connectivity index (χ2n) is 7.92. The molecular formula is C25H23FN6O2. The van der Waals surface area contributed by atoms with Crippen molar-refractivity contribution in [3.8, 4) is 22.9 Å². The zero-order valence-corrected chi connectivity index (χ0v) is 18.3. The Labute approximate surface area is 195 Å². The van der Waals surface area contributed by atoms with Gasteiger partial charge in [0.25, 0.3) is 0 Å². The van der Waals surface area contributed by atoms with E-state index < -0.39 is 11.8 Å². The average Bonchev–Trinajstić information content (AvgIpc) is 3.56. The van der Waals surface area contributed by atoms with Gasteiger partial charge >= 0.3 is 6.03 Å². The quantitative estimate of drug-likeness (QED) is 0.347. The third-order valence-corrected chi connectivity index (χ3v) is 5.50. The molecule has 1 fully saturated rings. The highest BCUT2D eigenvalue weighted by molar-refractivity contribution is 6.00. The Morgan fingerprint density at radius 3 is 2.71 bits per heavy atom. The number of halogens is 1. The summed E-state index contributed by atoms with van der Waals surface area (Å²) >= 11 is 0. The maximum atomic E-state index is 14.4. The monoisotopic (exact) mass is 458 g/mol. The molecule has 0 radical (unpaired) electrons. The van der Waals surface area contributed by atoms with Crippen molar-refractivity contribution in [1.82, 2.24) is 15.2 Å². The molecule has 5 rings (SSSR count). The van der Waals surface area contributed by atoms with Crippen LogP contribution in [0.25, 0.3) is 11.3 Å². The fraction of sp³-hybridized carbons (Fsp3) is 0.160. The normalized spacial score (nSPS) is 13.0. The molecule has 0 spiro atoms. The van der Waals surface area contributed by atoms with Gasteiger partial charge < -0.3 is 20.3 Å². The summed E-state index contributed by atoms with van der Waals surface area (Å²) in [5.41, 5.74) is 3.19. The number of hydrogen-bond donors (Lipinski definition) is 3. The van der Waals surface area contributed by atoms with Gasteiger partial charge in [0.15, 0.2) is 0 Å². The van der Waals surface area contributed by atoms with E-state index in [4.69, 9.17) is 4.74 Å². The van der Waals surface area contributed by atoms with Crippen molar-refractivity contribution >= 4 is 23.1 Å². The van der Waals surface area contributed by atoms with Gasteiger partial charge in [-0.2, -0.15) is 5.10 Å². The molecule has 0 bridgehead atoms. The third-order valence-electron chi connectivity index (χ3n) is 5.50. The Bertz CT molecular complexity index is 1290. The van der Waals surface area contributed by atoms with Gasteiger partial charge in [-0.3, -0.25) is 5.10 Å². The molecule has 3 heterocycles. The summed E-state index contributed by atoms with van der Waals surface area (Å²) in [4.78, 5) is 19.3. The van der Waals surface area contributed by atoms with Crippen molar-refractivity contribution in [3.63, 3.8) is 0 Å². The first-order chi connectivity index (χ1) is 16.6. The van der Waals surface area contributed by atoms with E-state index in [1.54, 1.807) is 30.6 Å². The van der Waals surface area contributed by atoms with Crippen molar-refractivity contribution in [2.75, 3.05) is 28.6 Å². The van der Waals surface area contributed by atoms with Gasteiger partial charge in [0.2, 0.25) is 5.88 Å². The second-order valence-corrected chi connectivity index (χ2v) is 7.92. The van der Waals surface area contributed by atoms with Gasteiger partial charge in [-0.25, -0.2) is 14.2 Å². The Kier molecular flexibility index (Phi) is 6.07. The largest absolute Gasteiger partial charge is 0.439 e. The van der Waals surface area contributed by atoms with Crippen LogP contribution in [0.3, 0.4) is 0 Å². The number of hydrogen-bond acceptors (Lipinski definition) is 5. The first-order valence-corrected chi connectivity index (χ1v) is 11.0. The number of rotatable bonds is 6. The molecule has 9 heteroatoms. The van der Waals surface area contributed by atoms with Crippen LogP contribution in [0.15, 0.2) is 73.1 Å². The Hall–Kier alpha value is -4.40. The topological polar surface area (TPSA) is 95.2 Å². The van der Waals surface area contributed by atoms with Crippen LogP contribution in [0.2, 0.25) is 0 Å². The molecule has 2 aromatic heterocycles. The first kappa shape index (κ1) is 21.4. The van der Waals surface area contributed by atoms with Crippen molar-refractivity contribution < 1.29 is 13.9 Å². The fourth-order valence-electron chi connectivity index (χ4n) is 3.85. The Balaban J connectivity index is 1.26. The van der Waals surface area contributed by atoms with Gasteiger partial charge in [-0.1, -0.05) is 12.1 Å². The van der Waals surface area contributed by atoms with E-state index in [0.717, 1.165) is 24.3 Å². The number of pyridine rings is 1. The number of ether oxygens (including phenoxy) is 1. The molecule has 1 saturated heterocycles. The van der Waals surface area contributed by atoms with E-state index >= 15 is 0 Å². The highest BCUT2D eigenvalue weighted by Crippen LogP contribution is 2.28. The van der Waals surface area contributed by atoms with E-state index in [1.807, 2.05) is 24.3 Å². The molecule has 2 amide bonds. The minimum absolute atomic E-state index is 0.00307. The van der Waals surface area contributed by atoms with E-state index in [1.165, 1.54) is 31.0 Å². The molecule has 34 heavy (non-hydrogen) atoms. The fourth-order valence-corrected chi connectivity index (χ4v) is 3.85. The van der Waals surface area contributed by atoms with Crippen LogP contribution in [-0.4, -0.2) is 34.3 Å². The zero-order chi connectivity index (χ0) is 23.3. The van der Waals surface area contributed by atoms with Crippen LogP contribution >= 0.6 is 0 Å². The summed E-state index contributed by atoms with van der Waals surface area (Å²) in [6.45, 7) is 2.01. The van der Waals surface area contributed by atoms with Crippen molar-refractivity contribution in [1.29, 1.82) is 0 Å². The SMILES string of the molecule is O=C(Nc1cccc(N2CCCC2)c1)Nc1cc(Oc2cccc(-c3cn[nH]c3)n2)ccc1F. The number of H-pyrrole nitrogens is 1. The summed E-state index contributed by atoms with van der Waals surface area (Å²) in [5, 5.41) is 12.0. The Morgan fingerprint density at radius 1 is 1.03 bits per heavy atom. The maximum Gasteiger partial charge on any atom is 0.323 e. The summed E-state index contributed by atoms with van der Waals surface area (Å²) in [5.74, 6) is 0.0948. The number of urea groups is 1. The van der Waals surface area contributed by atoms with Gasteiger partial charge in [0.05, 0.1) is 17.6 Å². The van der Waals surface area contributed by atoms with Crippen LogP contribution in [0.1, 0.15) is 12.8 Å². The van der Waals surface area contributed by atoms with Crippen molar-refractivity contribution in [2.45, 2.75) is 12.8 Å². The molecule has 172 valence electrons. The van der Waals surface area contributed by atoms with Gasteiger partial charge in [0.1, 0.15) is 11.6 Å². The van der Waals surface area contributed by atoms with Gasteiger partial charge in [-0.15, -0.1) is 0 Å². The van der Waals surface area contributed by atoms with Crippen molar-refractivity contribution in [2.24, 2.45) is 0 Å². The van der Waals surface area contributed by atoms with E-state index in [-0.39, 0.29) is 5.69 Å². The van der Waals surface area contributed by atoms with Crippen LogP contribution in [0.5, 0.6) is 11.6 Å². The number of carbonyl (C=O) groups is 1. The van der Waals surface area contributed by atoms with E-state index in [0.29, 0.717) is 23.0 Å². The van der Waals surface area contributed by atoms with Crippen LogP contribution < -0.4 is 20.3 Å². The predicted octanol–water partition coefficient (Wildman–Crippen LogP) is 5.65. The summed E-state index contributed by atoms with van der Waals surface area (Å²) in [6.07, 6.45) is 5.72. The lowest BCUT2D eigenvalue weighted by Crippen LogP contribution is -2.21. The molecular weight excluding hydrogens is 435 g/mol. The number of benzene rings is 2. The molecule has 1 aliphatic heterocycles. The molecule has 3 N–H and O–H groups in total. The summed E-state index contributed by atoms with van der Waals surface area (Å²) in [6, 6.07) is 16.5. The smallest absolute Gasteiger partial charge is 0.323 e. The molecule has 0 aliphatic carbocycles. The highest BCUT2D eigenvalue weighted by Gasteiger charge is 2.14. The first-order valence-electron chi connectivity index (χ1n) is 11.0. The second kappa shape index (κ2) is 9.62. The minimum atomic E-state index is -0.576. The maximum absolute atomic E-state index is 14.4. The number of aromatic amines is 1. The number of nitrogens with zero attached hydrogens (tertiary/aromatic N) is 3. The third kappa shape index (κ3) is 4.98. The number of nitrogens with one attached hydrogen (secondary N) is 3. The van der Waals surface area contributed by atoms with Crippen LogP contribution in [0, 0.1) is 5.82 Å². The predicted molar refractivity (Wildman–Crippen MR) is 129 cm³/mol. The molecule has 2 aromatic carbocycles. The summed E-state index contributed by atoms with van der Waals surface area (Å²) in [7, 11) is 0. The Morgan fingerprint density at radius 2 is 1.88 bits per heavy atom. The number of anilines is 3. The molecule has 8 nitrogen and oxygen atoms in total. The molecule has 0 atom stereocenters. The molecule has 0 saturated carbocycles. The van der Waals surface area contributed by atoms with E-state index in [9.17, 15) is 9.18 Å². The van der Waals surface area contributed by atoms with Crippen molar-refractivity contribution in [3.05, 3.63) is 78.9 Å². The number of aromatic nitrogens is 3. The van der Waals surface area contributed by atoms with Gasteiger partial charge in [-0.05, 0) is 49.2 Å². The standard InChI is InChI=1S/C25H23FN6O2/c26-21-10-9-20(34-24-8-4-7-22(30-24)17-15-27-28-16-17)14-23(21)31-25(33)29-18-5-3-6-19(13-18)32-11-1-2-12-32/h3-10,13-16H,1-2,11-12H2,(H,27,28)(H2,29,31,33). The van der Waals surface area contributed by atoms with Gasteiger partial charge in [0, 0.05) is 48.4 Å². The van der Waals surface area contributed by atoms with E-state index in [2.05, 4.69) is 30.7 Å². The zero-order valence-electron chi connectivity index (χ0n) is 18.3. The number of amides is 2. The lowest BCUT2D eigenvalue weighted by Gasteiger charge is -2.18. The minimum Gasteiger partial charge on any atom is -0.439 e. The lowest BCUT2D eigenvalue weighted by atomic mass is 10.2. The number of carbonyl (C=O) groups excluding carboxylic acids is 1. The molecule has 0 unspecified atom stereocenters. The average molecular weight is 458 g/mol. The highest BCUT2D eigenvalue weighted by atomic mass is 19.1. The lowest BCUT2D eigenvalue weighted by molar-refractivity contribution is 0.262. The van der Waals surface area contributed by atoms with Crippen LogP contribution in [0.4, 0.5) is 26.2 Å². The molecule has 1 aliphatic rings.